The summed E-state index contributed by atoms with van der Waals surface area (Å²) in [6, 6.07) is 25.7. The van der Waals surface area contributed by atoms with Gasteiger partial charge in [-0.2, -0.15) is 10.2 Å². The average molecular weight is 466 g/mol. The number of fused-ring (bicyclic) bond motifs is 1. The lowest BCUT2D eigenvalue weighted by molar-refractivity contribution is -0.134. The lowest BCUT2D eigenvalue weighted by atomic mass is 10.1. The van der Waals surface area contributed by atoms with Crippen molar-refractivity contribution in [3.63, 3.8) is 0 Å². The molecule has 174 valence electrons. The third kappa shape index (κ3) is 4.72. The van der Waals surface area contributed by atoms with E-state index in [1.807, 2.05) is 60.7 Å². The monoisotopic (exact) mass is 466 g/mol. The van der Waals surface area contributed by atoms with Crippen molar-refractivity contribution in [1.82, 2.24) is 14.8 Å². The van der Waals surface area contributed by atoms with Crippen LogP contribution in [-0.4, -0.2) is 45.5 Å². The van der Waals surface area contributed by atoms with Crippen LogP contribution >= 0.6 is 0 Å². The van der Waals surface area contributed by atoms with Crippen LogP contribution in [0.3, 0.4) is 0 Å². The molecule has 0 N–H and O–H groups in total. The van der Waals surface area contributed by atoms with E-state index in [9.17, 15) is 14.4 Å². The third-order valence-electron chi connectivity index (χ3n) is 5.76. The van der Waals surface area contributed by atoms with E-state index in [1.54, 1.807) is 24.3 Å². The van der Waals surface area contributed by atoms with E-state index in [0.29, 0.717) is 23.7 Å². The number of rotatable bonds is 6. The number of carbonyl (C=O) groups is 2. The van der Waals surface area contributed by atoms with E-state index in [2.05, 4.69) is 10.2 Å². The first-order valence-corrected chi connectivity index (χ1v) is 11.2. The molecular weight excluding hydrogens is 444 g/mol. The van der Waals surface area contributed by atoms with Gasteiger partial charge >= 0.3 is 5.97 Å². The molecule has 35 heavy (non-hydrogen) atoms. The fourth-order valence-corrected chi connectivity index (χ4v) is 3.99. The van der Waals surface area contributed by atoms with Crippen LogP contribution in [-0.2, 0) is 16.1 Å². The number of ether oxygens (including phenoxy) is 1. The summed E-state index contributed by atoms with van der Waals surface area (Å²) < 4.78 is 6.56. The molecule has 0 spiro atoms. The average Bonchev–Trinajstić information content (AvgIpc) is 3.40. The molecule has 1 aliphatic heterocycles. The van der Waals surface area contributed by atoms with Gasteiger partial charge in [-0.25, -0.2) is 14.5 Å². The summed E-state index contributed by atoms with van der Waals surface area (Å²) >= 11 is 0. The molecule has 4 aromatic rings. The van der Waals surface area contributed by atoms with Gasteiger partial charge in [-0.3, -0.25) is 9.59 Å². The predicted octanol–water partition coefficient (Wildman–Crippen LogP) is 3.24. The number of esters is 1. The highest BCUT2D eigenvalue weighted by Crippen LogP contribution is 2.16. The van der Waals surface area contributed by atoms with Crippen molar-refractivity contribution in [2.45, 2.75) is 13.0 Å². The SMILES string of the molecule is O=C(OCC(=O)N1CCC(c2ccccc2)=N1)c1nn(Cc2ccccc2)c(=O)c2ccccc12. The second kappa shape index (κ2) is 9.72. The molecule has 1 aliphatic rings. The minimum atomic E-state index is -0.775. The first kappa shape index (κ1) is 22.2. The molecular formula is C27H22N4O4. The Labute approximate surface area is 201 Å². The van der Waals surface area contributed by atoms with Gasteiger partial charge in [0.2, 0.25) is 0 Å². The number of benzene rings is 3. The largest absolute Gasteiger partial charge is 0.451 e. The molecule has 8 nitrogen and oxygen atoms in total. The molecule has 0 aliphatic carbocycles. The van der Waals surface area contributed by atoms with Crippen molar-refractivity contribution in [3.05, 3.63) is 112 Å². The van der Waals surface area contributed by atoms with E-state index < -0.39 is 18.5 Å². The lowest BCUT2D eigenvalue weighted by Gasteiger charge is -2.13. The fourth-order valence-electron chi connectivity index (χ4n) is 3.99. The maximum atomic E-state index is 13.0. The third-order valence-corrected chi connectivity index (χ3v) is 5.76. The zero-order valence-corrected chi connectivity index (χ0v) is 18.8. The van der Waals surface area contributed by atoms with Crippen LogP contribution in [0.4, 0.5) is 0 Å². The number of nitrogens with zero attached hydrogens (tertiary/aromatic N) is 4. The molecule has 1 aromatic heterocycles. The summed E-state index contributed by atoms with van der Waals surface area (Å²) in [5.74, 6) is -1.20. The Morgan fingerprint density at radius 2 is 1.51 bits per heavy atom. The zero-order chi connectivity index (χ0) is 24.2. The van der Waals surface area contributed by atoms with Crippen LogP contribution in [0, 0.1) is 0 Å². The van der Waals surface area contributed by atoms with Crippen LogP contribution in [0.2, 0.25) is 0 Å². The van der Waals surface area contributed by atoms with Gasteiger partial charge < -0.3 is 4.74 Å². The van der Waals surface area contributed by atoms with Crippen molar-refractivity contribution >= 4 is 28.4 Å². The van der Waals surface area contributed by atoms with Crippen molar-refractivity contribution in [2.75, 3.05) is 13.2 Å². The van der Waals surface area contributed by atoms with Crippen molar-refractivity contribution < 1.29 is 14.3 Å². The normalized spacial score (nSPS) is 13.0. The Kier molecular flexibility index (Phi) is 6.17. The van der Waals surface area contributed by atoms with Gasteiger partial charge in [0.1, 0.15) is 0 Å². The summed E-state index contributed by atoms with van der Waals surface area (Å²) in [5, 5.41) is 10.7. The Balaban J connectivity index is 1.35. The molecule has 0 fully saturated rings. The van der Waals surface area contributed by atoms with Gasteiger partial charge in [0.05, 0.1) is 24.2 Å². The standard InChI is InChI=1S/C27H22N4O4/c32-24(30-16-15-23(28-30)20-11-5-2-6-12-20)18-35-27(34)25-21-13-7-8-14-22(21)26(33)31(29-25)17-19-9-3-1-4-10-19/h1-14H,15-18H2. The van der Waals surface area contributed by atoms with E-state index in [-0.39, 0.29) is 17.8 Å². The van der Waals surface area contributed by atoms with Gasteiger partial charge in [-0.15, -0.1) is 0 Å². The summed E-state index contributed by atoms with van der Waals surface area (Å²) in [7, 11) is 0. The van der Waals surface area contributed by atoms with Gasteiger partial charge in [0, 0.05) is 11.8 Å². The van der Waals surface area contributed by atoms with Gasteiger partial charge in [0.15, 0.2) is 12.3 Å². The molecule has 8 heteroatoms. The van der Waals surface area contributed by atoms with Crippen molar-refractivity contribution in [2.24, 2.45) is 5.10 Å². The van der Waals surface area contributed by atoms with E-state index in [4.69, 9.17) is 4.74 Å². The Hall–Kier alpha value is -4.59. The highest BCUT2D eigenvalue weighted by atomic mass is 16.5. The van der Waals surface area contributed by atoms with Gasteiger partial charge in [0.25, 0.3) is 11.5 Å². The van der Waals surface area contributed by atoms with Crippen LogP contribution < -0.4 is 5.56 Å². The Morgan fingerprint density at radius 1 is 0.857 bits per heavy atom. The molecule has 0 radical (unpaired) electrons. The molecule has 0 saturated carbocycles. The topological polar surface area (TPSA) is 93.9 Å². The Bertz CT molecular complexity index is 1480. The van der Waals surface area contributed by atoms with Gasteiger partial charge in [-0.1, -0.05) is 78.9 Å². The first-order chi connectivity index (χ1) is 17.1. The molecule has 2 heterocycles. The number of hydrogen-bond acceptors (Lipinski definition) is 6. The van der Waals surface area contributed by atoms with E-state index >= 15 is 0 Å². The highest BCUT2D eigenvalue weighted by molar-refractivity contribution is 6.04. The van der Waals surface area contributed by atoms with Crippen LogP contribution in [0.1, 0.15) is 28.0 Å². The summed E-state index contributed by atoms with van der Waals surface area (Å²) in [5.41, 5.74) is 2.31. The Morgan fingerprint density at radius 3 is 2.26 bits per heavy atom. The van der Waals surface area contributed by atoms with Crippen molar-refractivity contribution in [3.8, 4) is 0 Å². The fraction of sp³-hybridized carbons (Fsp3) is 0.148. The second-order valence-corrected chi connectivity index (χ2v) is 8.10. The van der Waals surface area contributed by atoms with Gasteiger partial charge in [-0.05, 0) is 17.2 Å². The van der Waals surface area contributed by atoms with Crippen LogP contribution in [0.15, 0.2) is 94.8 Å². The molecule has 0 bridgehead atoms. The maximum Gasteiger partial charge on any atom is 0.359 e. The quantitative estimate of drug-likeness (QED) is 0.407. The van der Waals surface area contributed by atoms with E-state index in [1.165, 1.54) is 9.69 Å². The minimum absolute atomic E-state index is 0.0150. The summed E-state index contributed by atoms with van der Waals surface area (Å²) in [6.45, 7) is 0.149. The number of amides is 1. The number of carbonyl (C=O) groups excluding carboxylic acids is 2. The molecule has 0 saturated heterocycles. The van der Waals surface area contributed by atoms with Crippen LogP contribution in [0.5, 0.6) is 0 Å². The van der Waals surface area contributed by atoms with E-state index in [0.717, 1.165) is 16.8 Å². The molecule has 5 rings (SSSR count). The zero-order valence-electron chi connectivity index (χ0n) is 18.8. The van der Waals surface area contributed by atoms with Crippen LogP contribution in [0.25, 0.3) is 10.8 Å². The number of hydrogen-bond donors (Lipinski definition) is 0. The first-order valence-electron chi connectivity index (χ1n) is 11.2. The summed E-state index contributed by atoms with van der Waals surface area (Å²) in [6.07, 6.45) is 0.625. The number of aromatic nitrogens is 2. The molecule has 1 amide bonds. The molecule has 0 atom stereocenters. The predicted molar refractivity (Wildman–Crippen MR) is 131 cm³/mol. The number of hydrazone groups is 1. The highest BCUT2D eigenvalue weighted by Gasteiger charge is 2.24. The lowest BCUT2D eigenvalue weighted by Crippen LogP contribution is -2.30. The second-order valence-electron chi connectivity index (χ2n) is 8.10. The smallest absolute Gasteiger partial charge is 0.359 e. The minimum Gasteiger partial charge on any atom is -0.451 e. The summed E-state index contributed by atoms with van der Waals surface area (Å²) in [4.78, 5) is 38.6. The van der Waals surface area contributed by atoms with Crippen molar-refractivity contribution in [1.29, 1.82) is 0 Å². The maximum absolute atomic E-state index is 13.0. The molecule has 0 unspecified atom stereocenters. The molecule has 3 aromatic carbocycles.